The van der Waals surface area contributed by atoms with E-state index < -0.39 is 5.97 Å². The van der Waals surface area contributed by atoms with Crippen molar-refractivity contribution in [1.29, 1.82) is 0 Å². The molecule has 0 aliphatic heterocycles. The molecule has 0 saturated heterocycles. The SMILES string of the molecule is CCCCCCCCCCCCCCCC[C@H](C)C[C@H](C)C[C@H](C)C=C(C)C(=O)O. The first-order chi connectivity index (χ1) is 14.4. The highest BCUT2D eigenvalue weighted by Crippen LogP contribution is 2.24. The summed E-state index contributed by atoms with van der Waals surface area (Å²) in [5.74, 6) is 1.01. The second-order valence-corrected chi connectivity index (χ2v) is 10.2. The number of hydrogen-bond acceptors (Lipinski definition) is 1. The number of unbranched alkanes of at least 4 members (excludes halogenated alkanes) is 13. The lowest BCUT2D eigenvalue weighted by Crippen LogP contribution is -2.08. The van der Waals surface area contributed by atoms with Gasteiger partial charge in [-0.15, -0.1) is 0 Å². The van der Waals surface area contributed by atoms with E-state index in [4.69, 9.17) is 5.11 Å². The summed E-state index contributed by atoms with van der Waals surface area (Å²) in [6.45, 7) is 10.8. The maximum atomic E-state index is 10.9. The van der Waals surface area contributed by atoms with Crippen molar-refractivity contribution in [2.24, 2.45) is 17.8 Å². The van der Waals surface area contributed by atoms with Gasteiger partial charge in [0.2, 0.25) is 0 Å². The minimum atomic E-state index is -0.791. The maximum Gasteiger partial charge on any atom is 0.330 e. The fraction of sp³-hybridized carbons (Fsp3) is 0.893. The minimum Gasteiger partial charge on any atom is -0.478 e. The van der Waals surface area contributed by atoms with Crippen LogP contribution in [0.25, 0.3) is 0 Å². The smallest absolute Gasteiger partial charge is 0.330 e. The van der Waals surface area contributed by atoms with Crippen LogP contribution in [0.15, 0.2) is 11.6 Å². The molecule has 0 aromatic carbocycles. The van der Waals surface area contributed by atoms with Crippen LogP contribution in [0.4, 0.5) is 0 Å². The van der Waals surface area contributed by atoms with E-state index in [0.717, 1.165) is 12.3 Å². The third-order valence-corrected chi connectivity index (χ3v) is 6.50. The molecule has 0 rings (SSSR count). The van der Waals surface area contributed by atoms with Crippen molar-refractivity contribution in [3.05, 3.63) is 11.6 Å². The van der Waals surface area contributed by atoms with E-state index in [1.165, 1.54) is 103 Å². The highest BCUT2D eigenvalue weighted by atomic mass is 16.4. The molecule has 0 spiro atoms. The Bertz CT molecular complexity index is 426. The summed E-state index contributed by atoms with van der Waals surface area (Å²) >= 11 is 0. The largest absolute Gasteiger partial charge is 0.478 e. The van der Waals surface area contributed by atoms with Crippen LogP contribution in [0.2, 0.25) is 0 Å². The van der Waals surface area contributed by atoms with E-state index in [1.807, 2.05) is 6.08 Å². The predicted octanol–water partition coefficient (Wildman–Crippen LogP) is 9.58. The summed E-state index contributed by atoms with van der Waals surface area (Å²) in [6, 6.07) is 0. The molecule has 0 heterocycles. The van der Waals surface area contributed by atoms with Gasteiger partial charge in [0.1, 0.15) is 0 Å². The quantitative estimate of drug-likeness (QED) is 0.148. The predicted molar refractivity (Wildman–Crippen MR) is 133 cm³/mol. The van der Waals surface area contributed by atoms with Crippen LogP contribution in [-0.4, -0.2) is 11.1 Å². The number of hydrogen-bond donors (Lipinski definition) is 1. The van der Waals surface area contributed by atoms with Crippen molar-refractivity contribution in [3.63, 3.8) is 0 Å². The maximum absolute atomic E-state index is 10.9. The molecule has 0 amide bonds. The molecule has 30 heavy (non-hydrogen) atoms. The second kappa shape index (κ2) is 20.1. The Morgan fingerprint density at radius 2 is 1.13 bits per heavy atom. The van der Waals surface area contributed by atoms with Gasteiger partial charge in [0.25, 0.3) is 0 Å². The van der Waals surface area contributed by atoms with E-state index in [1.54, 1.807) is 6.92 Å². The van der Waals surface area contributed by atoms with Gasteiger partial charge in [-0.25, -0.2) is 4.79 Å². The summed E-state index contributed by atoms with van der Waals surface area (Å²) in [5, 5.41) is 9.00. The Labute approximate surface area is 189 Å². The highest BCUT2D eigenvalue weighted by Gasteiger charge is 2.12. The van der Waals surface area contributed by atoms with Crippen LogP contribution < -0.4 is 0 Å². The molecule has 0 unspecified atom stereocenters. The normalized spacial score (nSPS) is 15.2. The van der Waals surface area contributed by atoms with Crippen molar-refractivity contribution in [2.45, 2.75) is 144 Å². The average molecular weight is 423 g/mol. The third-order valence-electron chi connectivity index (χ3n) is 6.50. The summed E-state index contributed by atoms with van der Waals surface area (Å²) in [7, 11) is 0. The summed E-state index contributed by atoms with van der Waals surface area (Å²) in [4.78, 5) is 10.9. The molecule has 0 bridgehead atoms. The Kier molecular flexibility index (Phi) is 19.6. The van der Waals surface area contributed by atoms with Crippen molar-refractivity contribution in [2.75, 3.05) is 0 Å². The molecule has 2 heteroatoms. The molecule has 0 aromatic heterocycles. The summed E-state index contributed by atoms with van der Waals surface area (Å²) in [5.41, 5.74) is 0.477. The number of carbonyl (C=O) groups is 1. The van der Waals surface area contributed by atoms with Crippen molar-refractivity contribution in [3.8, 4) is 0 Å². The average Bonchev–Trinajstić information content (AvgIpc) is 2.67. The van der Waals surface area contributed by atoms with E-state index >= 15 is 0 Å². The zero-order valence-corrected chi connectivity index (χ0v) is 21.2. The molecular weight excluding hydrogens is 368 g/mol. The molecule has 0 aromatic rings. The first-order valence-electron chi connectivity index (χ1n) is 13.3. The second-order valence-electron chi connectivity index (χ2n) is 10.2. The van der Waals surface area contributed by atoms with Crippen LogP contribution >= 0.6 is 0 Å². The number of allylic oxidation sites excluding steroid dienone is 1. The number of carboxylic acid groups (broad SMARTS) is 1. The molecule has 1 N–H and O–H groups in total. The zero-order chi connectivity index (χ0) is 22.6. The fourth-order valence-electron chi connectivity index (χ4n) is 4.79. The first kappa shape index (κ1) is 29.2. The molecule has 0 aliphatic carbocycles. The topological polar surface area (TPSA) is 37.3 Å². The number of aliphatic carboxylic acids is 1. The number of rotatable bonds is 21. The van der Waals surface area contributed by atoms with Gasteiger partial charge in [-0.1, -0.05) is 130 Å². The van der Waals surface area contributed by atoms with Gasteiger partial charge in [-0.3, -0.25) is 0 Å². The van der Waals surface area contributed by atoms with Gasteiger partial charge in [0.15, 0.2) is 0 Å². The fourth-order valence-corrected chi connectivity index (χ4v) is 4.79. The van der Waals surface area contributed by atoms with Gasteiger partial charge < -0.3 is 5.11 Å². The van der Waals surface area contributed by atoms with Crippen LogP contribution in [0.1, 0.15) is 144 Å². The standard InChI is InChI=1S/C28H54O2/c1-6-7-8-9-10-11-12-13-14-15-16-17-18-19-20-24(2)21-25(3)22-26(4)23-27(5)28(29)30/h23-26H,6-22H2,1-5H3,(H,29,30)/t24-,25-,26-/m0/s1. The van der Waals surface area contributed by atoms with Crippen LogP contribution in [0.3, 0.4) is 0 Å². The molecule has 178 valence electrons. The van der Waals surface area contributed by atoms with E-state index in [2.05, 4.69) is 27.7 Å². The summed E-state index contributed by atoms with van der Waals surface area (Å²) in [6.07, 6.45) is 25.6. The monoisotopic (exact) mass is 422 g/mol. The highest BCUT2D eigenvalue weighted by molar-refractivity contribution is 5.85. The Balaban J connectivity index is 3.51. The van der Waals surface area contributed by atoms with Crippen LogP contribution in [0, 0.1) is 17.8 Å². The lowest BCUT2D eigenvalue weighted by molar-refractivity contribution is -0.132. The molecular formula is C28H54O2. The molecule has 3 atom stereocenters. The molecule has 0 saturated carbocycles. The van der Waals surface area contributed by atoms with Gasteiger partial charge in [-0.2, -0.15) is 0 Å². The van der Waals surface area contributed by atoms with Crippen LogP contribution in [-0.2, 0) is 4.79 Å². The molecule has 0 aliphatic rings. The zero-order valence-electron chi connectivity index (χ0n) is 21.2. The summed E-state index contributed by atoms with van der Waals surface area (Å²) < 4.78 is 0. The molecule has 2 nitrogen and oxygen atoms in total. The Hall–Kier alpha value is -0.790. The number of carboxylic acids is 1. The lowest BCUT2D eigenvalue weighted by atomic mass is 9.87. The molecule has 0 fully saturated rings. The Morgan fingerprint density at radius 3 is 1.57 bits per heavy atom. The van der Waals surface area contributed by atoms with Gasteiger partial charge >= 0.3 is 5.97 Å². The lowest BCUT2D eigenvalue weighted by Gasteiger charge is -2.19. The molecule has 0 radical (unpaired) electrons. The van der Waals surface area contributed by atoms with Gasteiger partial charge in [0.05, 0.1) is 0 Å². The van der Waals surface area contributed by atoms with E-state index in [9.17, 15) is 4.79 Å². The van der Waals surface area contributed by atoms with Crippen molar-refractivity contribution < 1.29 is 9.90 Å². The van der Waals surface area contributed by atoms with Crippen molar-refractivity contribution >= 4 is 5.97 Å². The Morgan fingerprint density at radius 1 is 0.700 bits per heavy atom. The first-order valence-corrected chi connectivity index (χ1v) is 13.3. The van der Waals surface area contributed by atoms with E-state index in [0.29, 0.717) is 17.4 Å². The minimum absolute atomic E-state index is 0.351. The van der Waals surface area contributed by atoms with Gasteiger partial charge in [-0.05, 0) is 37.5 Å². The van der Waals surface area contributed by atoms with Crippen LogP contribution in [0.5, 0.6) is 0 Å². The van der Waals surface area contributed by atoms with Crippen molar-refractivity contribution in [1.82, 2.24) is 0 Å². The van der Waals surface area contributed by atoms with Gasteiger partial charge in [0, 0.05) is 5.57 Å². The third kappa shape index (κ3) is 19.2. The van der Waals surface area contributed by atoms with E-state index in [-0.39, 0.29) is 0 Å².